The Labute approximate surface area is 164 Å². The second-order valence-electron chi connectivity index (χ2n) is 6.96. The molecule has 2 N–H and O–H groups in total. The van der Waals surface area contributed by atoms with Crippen LogP contribution in [0.5, 0.6) is 0 Å². The van der Waals surface area contributed by atoms with Crippen LogP contribution >= 0.6 is 0 Å². The van der Waals surface area contributed by atoms with Crippen molar-refractivity contribution in [2.75, 3.05) is 10.6 Å². The minimum atomic E-state index is -0.257. The SMILES string of the molecule is Cc1ccc2oc(C(=O)Nc3ccc(NC(C)c4ccccc4)cc3)cc2c1. The fourth-order valence-electron chi connectivity index (χ4n) is 3.19. The molecular formula is C24H22N2O2. The van der Waals surface area contributed by atoms with Crippen LogP contribution in [0, 0.1) is 6.92 Å². The van der Waals surface area contributed by atoms with E-state index in [1.165, 1.54) is 5.56 Å². The van der Waals surface area contributed by atoms with Crippen LogP contribution in [-0.2, 0) is 0 Å². The molecule has 1 atom stereocenters. The zero-order chi connectivity index (χ0) is 19.5. The van der Waals surface area contributed by atoms with Gasteiger partial charge in [0.25, 0.3) is 5.91 Å². The normalized spacial score (nSPS) is 11.9. The van der Waals surface area contributed by atoms with Crippen LogP contribution in [0.15, 0.2) is 83.3 Å². The smallest absolute Gasteiger partial charge is 0.291 e. The van der Waals surface area contributed by atoms with Crippen LogP contribution in [0.25, 0.3) is 11.0 Å². The molecule has 0 fully saturated rings. The molecule has 0 bridgehead atoms. The van der Waals surface area contributed by atoms with Crippen molar-refractivity contribution < 1.29 is 9.21 Å². The molecule has 1 aromatic heterocycles. The van der Waals surface area contributed by atoms with Gasteiger partial charge in [0.15, 0.2) is 5.76 Å². The van der Waals surface area contributed by atoms with Crippen LogP contribution in [0.4, 0.5) is 11.4 Å². The monoisotopic (exact) mass is 370 g/mol. The number of carbonyl (C=O) groups excluding carboxylic acids is 1. The Hall–Kier alpha value is -3.53. The van der Waals surface area contributed by atoms with E-state index in [1.807, 2.05) is 67.6 Å². The highest BCUT2D eigenvalue weighted by Crippen LogP contribution is 2.23. The first-order chi connectivity index (χ1) is 13.6. The van der Waals surface area contributed by atoms with E-state index in [9.17, 15) is 4.79 Å². The van der Waals surface area contributed by atoms with Gasteiger partial charge >= 0.3 is 0 Å². The molecule has 4 aromatic rings. The highest BCUT2D eigenvalue weighted by atomic mass is 16.3. The molecule has 1 unspecified atom stereocenters. The van der Waals surface area contributed by atoms with Crippen LogP contribution in [0.2, 0.25) is 0 Å². The summed E-state index contributed by atoms with van der Waals surface area (Å²) in [7, 11) is 0. The fraction of sp³-hybridized carbons (Fsp3) is 0.125. The number of amides is 1. The summed E-state index contributed by atoms with van der Waals surface area (Å²) in [6.07, 6.45) is 0. The summed E-state index contributed by atoms with van der Waals surface area (Å²) < 4.78 is 5.66. The van der Waals surface area contributed by atoms with Crippen molar-refractivity contribution in [2.45, 2.75) is 19.9 Å². The first-order valence-electron chi connectivity index (χ1n) is 9.31. The molecule has 4 rings (SSSR count). The number of furan rings is 1. The van der Waals surface area contributed by atoms with Crippen LogP contribution in [0.1, 0.15) is 34.6 Å². The molecule has 0 aliphatic carbocycles. The van der Waals surface area contributed by atoms with E-state index in [-0.39, 0.29) is 11.9 Å². The lowest BCUT2D eigenvalue weighted by atomic mass is 10.1. The molecule has 0 radical (unpaired) electrons. The molecule has 28 heavy (non-hydrogen) atoms. The van der Waals surface area contributed by atoms with Gasteiger partial charge in [-0.1, -0.05) is 42.0 Å². The third kappa shape index (κ3) is 3.91. The van der Waals surface area contributed by atoms with Crippen molar-refractivity contribution in [1.82, 2.24) is 0 Å². The van der Waals surface area contributed by atoms with E-state index in [0.717, 1.165) is 22.3 Å². The quantitative estimate of drug-likeness (QED) is 0.442. The standard InChI is InChI=1S/C24H22N2O2/c1-16-8-13-22-19(14-16)15-23(28-22)24(27)26-21-11-9-20(10-12-21)25-17(2)18-6-4-3-5-7-18/h3-15,17,25H,1-2H3,(H,26,27). The summed E-state index contributed by atoms with van der Waals surface area (Å²) in [4.78, 5) is 12.5. The molecule has 4 nitrogen and oxygen atoms in total. The molecule has 0 saturated carbocycles. The number of benzene rings is 3. The number of carbonyl (C=O) groups is 1. The Kier molecular flexibility index (Phi) is 4.85. The van der Waals surface area contributed by atoms with Gasteiger partial charge in [0, 0.05) is 22.8 Å². The summed E-state index contributed by atoms with van der Waals surface area (Å²) in [6, 6.07) is 25.8. The van der Waals surface area contributed by atoms with Gasteiger partial charge in [0.2, 0.25) is 0 Å². The van der Waals surface area contributed by atoms with Gasteiger partial charge in [-0.25, -0.2) is 0 Å². The van der Waals surface area contributed by atoms with Gasteiger partial charge in [-0.05, 0) is 61.9 Å². The van der Waals surface area contributed by atoms with Gasteiger partial charge in [0.05, 0.1) is 0 Å². The molecule has 0 saturated heterocycles. The first kappa shape index (κ1) is 17.9. The zero-order valence-corrected chi connectivity index (χ0v) is 15.9. The molecule has 140 valence electrons. The average Bonchev–Trinajstić information content (AvgIpc) is 3.13. The molecular weight excluding hydrogens is 348 g/mol. The maximum atomic E-state index is 12.5. The number of nitrogens with one attached hydrogen (secondary N) is 2. The van der Waals surface area contributed by atoms with E-state index < -0.39 is 0 Å². The minimum Gasteiger partial charge on any atom is -0.451 e. The summed E-state index contributed by atoms with van der Waals surface area (Å²) >= 11 is 0. The van der Waals surface area contributed by atoms with Crippen molar-refractivity contribution in [3.05, 3.63) is 95.7 Å². The lowest BCUT2D eigenvalue weighted by Gasteiger charge is -2.16. The topological polar surface area (TPSA) is 54.3 Å². The minimum absolute atomic E-state index is 0.195. The lowest BCUT2D eigenvalue weighted by molar-refractivity contribution is 0.0998. The second kappa shape index (κ2) is 7.61. The van der Waals surface area contributed by atoms with Crippen LogP contribution in [0.3, 0.4) is 0 Å². The first-order valence-corrected chi connectivity index (χ1v) is 9.31. The highest BCUT2D eigenvalue weighted by molar-refractivity contribution is 6.04. The molecule has 1 amide bonds. The number of hydrogen-bond acceptors (Lipinski definition) is 3. The van der Waals surface area contributed by atoms with E-state index in [2.05, 4.69) is 29.7 Å². The third-order valence-corrected chi connectivity index (χ3v) is 4.72. The Balaban J connectivity index is 1.42. The highest BCUT2D eigenvalue weighted by Gasteiger charge is 2.13. The van der Waals surface area contributed by atoms with Crippen molar-refractivity contribution in [3.63, 3.8) is 0 Å². The molecule has 4 heteroatoms. The predicted octanol–water partition coefficient (Wildman–Crippen LogP) is 6.17. The van der Waals surface area contributed by atoms with Gasteiger partial charge in [0.1, 0.15) is 5.58 Å². The number of aryl methyl sites for hydroxylation is 1. The Morgan fingerprint density at radius 3 is 2.36 bits per heavy atom. The number of hydrogen-bond donors (Lipinski definition) is 2. The Morgan fingerprint density at radius 2 is 1.61 bits per heavy atom. The number of rotatable bonds is 5. The Bertz CT molecular complexity index is 1100. The van der Waals surface area contributed by atoms with Crippen molar-refractivity contribution in [1.29, 1.82) is 0 Å². The van der Waals surface area contributed by atoms with Gasteiger partial charge in [-0.15, -0.1) is 0 Å². The van der Waals surface area contributed by atoms with Crippen LogP contribution in [-0.4, -0.2) is 5.91 Å². The molecule has 0 aliphatic heterocycles. The van der Waals surface area contributed by atoms with Crippen molar-refractivity contribution in [2.24, 2.45) is 0 Å². The fourth-order valence-corrected chi connectivity index (χ4v) is 3.19. The predicted molar refractivity (Wildman–Crippen MR) is 114 cm³/mol. The maximum Gasteiger partial charge on any atom is 0.291 e. The molecule has 1 heterocycles. The number of fused-ring (bicyclic) bond motifs is 1. The molecule has 3 aromatic carbocycles. The average molecular weight is 370 g/mol. The van der Waals surface area contributed by atoms with Crippen molar-refractivity contribution in [3.8, 4) is 0 Å². The van der Waals surface area contributed by atoms with E-state index in [4.69, 9.17) is 4.42 Å². The zero-order valence-electron chi connectivity index (χ0n) is 15.9. The van der Waals surface area contributed by atoms with Gasteiger partial charge < -0.3 is 15.1 Å². The Morgan fingerprint density at radius 1 is 0.893 bits per heavy atom. The summed E-state index contributed by atoms with van der Waals surface area (Å²) in [5.74, 6) is 0.0488. The van der Waals surface area contributed by atoms with E-state index >= 15 is 0 Å². The summed E-state index contributed by atoms with van der Waals surface area (Å²) in [5.41, 5.74) is 4.78. The molecule has 0 spiro atoms. The van der Waals surface area contributed by atoms with E-state index in [0.29, 0.717) is 11.3 Å². The second-order valence-corrected chi connectivity index (χ2v) is 6.96. The van der Waals surface area contributed by atoms with Crippen LogP contribution < -0.4 is 10.6 Å². The summed E-state index contributed by atoms with van der Waals surface area (Å²) in [5, 5.41) is 7.28. The number of anilines is 2. The molecule has 0 aliphatic rings. The third-order valence-electron chi connectivity index (χ3n) is 4.72. The van der Waals surface area contributed by atoms with E-state index in [1.54, 1.807) is 6.07 Å². The lowest BCUT2D eigenvalue weighted by Crippen LogP contribution is -2.11. The van der Waals surface area contributed by atoms with Crippen molar-refractivity contribution >= 4 is 28.3 Å². The maximum absolute atomic E-state index is 12.5. The van der Waals surface area contributed by atoms with Gasteiger partial charge in [-0.3, -0.25) is 4.79 Å². The van der Waals surface area contributed by atoms with Gasteiger partial charge in [-0.2, -0.15) is 0 Å². The largest absolute Gasteiger partial charge is 0.451 e. The summed E-state index contributed by atoms with van der Waals surface area (Å²) in [6.45, 7) is 4.13.